The molecule has 0 bridgehead atoms. The van der Waals surface area contributed by atoms with Gasteiger partial charge in [-0.2, -0.15) is 5.26 Å². The summed E-state index contributed by atoms with van der Waals surface area (Å²) in [4.78, 5) is 28.2. The fourth-order valence-corrected chi connectivity index (χ4v) is 7.31. The molecule has 0 radical (unpaired) electrons. The van der Waals surface area contributed by atoms with E-state index >= 15 is 0 Å². The lowest BCUT2D eigenvalue weighted by Crippen LogP contribution is -2.67. The molecule has 0 aliphatic carbocycles. The molecule has 0 N–H and O–H groups in total. The van der Waals surface area contributed by atoms with Gasteiger partial charge in [-0.3, -0.25) is 9.78 Å². The zero-order valence-electron chi connectivity index (χ0n) is 27.6. The Morgan fingerprint density at radius 3 is 2.53 bits per heavy atom. The third-order valence-corrected chi connectivity index (χ3v) is 10.1. The molecule has 2 aliphatic rings. The average Bonchev–Trinajstić information content (AvgIpc) is 3.53. The lowest BCUT2D eigenvalue weighted by Gasteiger charge is -2.52. The number of nitriles is 1. The maximum Gasteiger partial charge on any atom is 0.246 e. The van der Waals surface area contributed by atoms with E-state index in [4.69, 9.17) is 33.4 Å². The standard InChI is InChI=1S/C33H32Cl2F2N8O.C2H3N/c1-33(42(2)3)17-44(18-33)32-30-31(45(41-40-30)19-10-14-43(15-11-19)25(46)7-4-12-36)22-16-23(34)26(27(35)29(22)39-32)21-8-9-24(37)20-6-5-13-38-28(20)21;1-2-3/h4-9,13,16,19H,10-12,14-15,17-18H2,1-3H3;1H3/b7-4+;. The summed E-state index contributed by atoms with van der Waals surface area (Å²) < 4.78 is 29.2. The van der Waals surface area contributed by atoms with Crippen LogP contribution in [-0.4, -0.2) is 93.2 Å². The number of pyridine rings is 2. The van der Waals surface area contributed by atoms with E-state index in [9.17, 15) is 13.6 Å². The number of carbonyl (C=O) groups is 1. The first-order valence-electron chi connectivity index (χ1n) is 15.9. The zero-order chi connectivity index (χ0) is 35.0. The van der Waals surface area contributed by atoms with Crippen molar-refractivity contribution >= 4 is 67.8 Å². The third kappa shape index (κ3) is 6.16. The molecule has 0 saturated carbocycles. The Morgan fingerprint density at radius 1 is 1.14 bits per heavy atom. The number of benzene rings is 2. The van der Waals surface area contributed by atoms with Crippen LogP contribution >= 0.6 is 23.2 Å². The highest BCUT2D eigenvalue weighted by Gasteiger charge is 2.43. The van der Waals surface area contributed by atoms with Crippen LogP contribution in [0, 0.1) is 17.1 Å². The summed E-state index contributed by atoms with van der Waals surface area (Å²) in [6, 6.07) is 9.93. The van der Waals surface area contributed by atoms with Gasteiger partial charge in [-0.15, -0.1) is 5.10 Å². The van der Waals surface area contributed by atoms with Crippen LogP contribution in [0.25, 0.3) is 44.0 Å². The van der Waals surface area contributed by atoms with Gasteiger partial charge < -0.3 is 14.7 Å². The number of piperidine rings is 1. The Balaban J connectivity index is 0.00000134. The number of carbonyl (C=O) groups excluding carboxylic acids is 1. The first-order chi connectivity index (χ1) is 23.5. The number of rotatable bonds is 6. The molecule has 14 heteroatoms. The fourth-order valence-electron chi connectivity index (χ4n) is 6.61. The maximum atomic E-state index is 14.7. The van der Waals surface area contributed by atoms with E-state index in [1.54, 1.807) is 35.4 Å². The van der Waals surface area contributed by atoms with Crippen molar-refractivity contribution in [3.8, 4) is 17.2 Å². The van der Waals surface area contributed by atoms with Gasteiger partial charge in [0.15, 0.2) is 11.3 Å². The first-order valence-corrected chi connectivity index (χ1v) is 16.6. The highest BCUT2D eigenvalue weighted by molar-refractivity contribution is 6.44. The van der Waals surface area contributed by atoms with E-state index in [-0.39, 0.29) is 23.3 Å². The van der Waals surface area contributed by atoms with Crippen LogP contribution < -0.4 is 4.90 Å². The zero-order valence-corrected chi connectivity index (χ0v) is 29.1. The van der Waals surface area contributed by atoms with Crippen molar-refractivity contribution < 1.29 is 13.6 Å². The van der Waals surface area contributed by atoms with Crippen molar-refractivity contribution in [2.75, 3.05) is 51.8 Å². The summed E-state index contributed by atoms with van der Waals surface area (Å²) in [6.07, 6.45) is 5.40. The molecular formula is C35H35Cl2F2N9O. The van der Waals surface area contributed by atoms with Gasteiger partial charge in [-0.25, -0.2) is 18.4 Å². The molecule has 5 aromatic rings. The molecule has 0 spiro atoms. The number of alkyl halides is 1. The SMILES string of the molecule is CC#N.CN(C)C1(C)CN(c2nc3c(Cl)c(-c4ccc(F)c5cccnc45)c(Cl)cc3c3c2nnn3C2CCN(C(=O)/C=C/CF)CC2)C1. The number of amides is 1. The lowest BCUT2D eigenvalue weighted by atomic mass is 9.90. The van der Waals surface area contributed by atoms with Crippen LogP contribution in [0.1, 0.15) is 32.7 Å². The third-order valence-electron chi connectivity index (χ3n) is 9.47. The molecule has 7 rings (SSSR count). The van der Waals surface area contributed by atoms with E-state index < -0.39 is 6.67 Å². The number of hydrogen-bond acceptors (Lipinski definition) is 8. The molecule has 3 aromatic heterocycles. The number of aromatic nitrogens is 5. The van der Waals surface area contributed by atoms with Crippen LogP contribution in [0.4, 0.5) is 14.6 Å². The highest BCUT2D eigenvalue weighted by Crippen LogP contribution is 2.46. The monoisotopic (exact) mass is 705 g/mol. The van der Waals surface area contributed by atoms with Crippen molar-refractivity contribution in [2.24, 2.45) is 0 Å². The molecule has 49 heavy (non-hydrogen) atoms. The molecule has 2 aromatic carbocycles. The minimum Gasteiger partial charge on any atom is -0.351 e. The van der Waals surface area contributed by atoms with Crippen molar-refractivity contribution in [3.05, 3.63) is 64.5 Å². The molecule has 10 nitrogen and oxygen atoms in total. The fraction of sp³-hybridized carbons (Fsp3) is 0.371. The normalized spacial score (nSPS) is 16.3. The second kappa shape index (κ2) is 13.8. The van der Waals surface area contributed by atoms with E-state index in [1.165, 1.54) is 25.1 Å². The highest BCUT2D eigenvalue weighted by atomic mass is 35.5. The van der Waals surface area contributed by atoms with Crippen molar-refractivity contribution in [2.45, 2.75) is 38.3 Å². The molecule has 1 amide bonds. The topological polar surface area (TPSA) is 107 Å². The van der Waals surface area contributed by atoms with Gasteiger partial charge in [0, 0.05) is 67.3 Å². The van der Waals surface area contributed by atoms with Crippen molar-refractivity contribution in [1.29, 1.82) is 5.26 Å². The number of hydrogen-bond donors (Lipinski definition) is 0. The van der Waals surface area contributed by atoms with Gasteiger partial charge >= 0.3 is 0 Å². The van der Waals surface area contributed by atoms with Gasteiger partial charge in [-0.05, 0) is 70.3 Å². The Morgan fingerprint density at radius 2 is 1.86 bits per heavy atom. The van der Waals surface area contributed by atoms with E-state index in [2.05, 4.69) is 46.1 Å². The predicted molar refractivity (Wildman–Crippen MR) is 189 cm³/mol. The van der Waals surface area contributed by atoms with E-state index in [1.807, 2.05) is 10.7 Å². The summed E-state index contributed by atoms with van der Waals surface area (Å²) in [6.45, 7) is 5.42. The van der Waals surface area contributed by atoms with Gasteiger partial charge in [0.1, 0.15) is 18.0 Å². The first kappa shape index (κ1) is 34.4. The van der Waals surface area contributed by atoms with Gasteiger partial charge in [0.05, 0.1) is 38.7 Å². The molecular weight excluding hydrogens is 671 g/mol. The number of allylic oxidation sites excluding steroid dienone is 1. The Labute approximate surface area is 292 Å². The number of likely N-dealkylation sites (N-methyl/N-ethyl adjacent to an activating group) is 1. The number of likely N-dealkylation sites (tertiary alicyclic amines) is 1. The smallest absolute Gasteiger partial charge is 0.246 e. The van der Waals surface area contributed by atoms with Crippen molar-refractivity contribution in [3.63, 3.8) is 0 Å². The van der Waals surface area contributed by atoms with Gasteiger partial charge in [0.25, 0.3) is 0 Å². The van der Waals surface area contributed by atoms with Crippen LogP contribution in [0.15, 0.2) is 48.7 Å². The number of fused-ring (bicyclic) bond motifs is 4. The summed E-state index contributed by atoms with van der Waals surface area (Å²) >= 11 is 14.3. The molecule has 2 aliphatic heterocycles. The molecule has 2 saturated heterocycles. The summed E-state index contributed by atoms with van der Waals surface area (Å²) in [7, 11) is 4.13. The summed E-state index contributed by atoms with van der Waals surface area (Å²) in [5.41, 5.74) is 3.47. The maximum absolute atomic E-state index is 14.7. The Hall–Kier alpha value is -4.44. The molecule has 5 heterocycles. The minimum atomic E-state index is -0.679. The number of halogens is 4. The Kier molecular flexibility index (Phi) is 9.71. The quantitative estimate of drug-likeness (QED) is 0.174. The molecule has 254 valence electrons. The minimum absolute atomic E-state index is 0.0391. The van der Waals surface area contributed by atoms with Crippen LogP contribution in [0.5, 0.6) is 0 Å². The predicted octanol–water partition coefficient (Wildman–Crippen LogP) is 7.00. The van der Waals surface area contributed by atoms with Crippen LogP contribution in [-0.2, 0) is 4.79 Å². The molecule has 0 atom stereocenters. The average molecular weight is 707 g/mol. The van der Waals surface area contributed by atoms with Crippen LogP contribution in [0.2, 0.25) is 10.0 Å². The van der Waals surface area contributed by atoms with Gasteiger partial charge in [-0.1, -0.05) is 28.4 Å². The van der Waals surface area contributed by atoms with Gasteiger partial charge in [0.2, 0.25) is 5.91 Å². The van der Waals surface area contributed by atoms with Crippen LogP contribution in [0.3, 0.4) is 0 Å². The second-order valence-corrected chi connectivity index (χ2v) is 13.5. The molecule has 0 unspecified atom stereocenters. The Bertz CT molecular complexity index is 2130. The number of nitrogens with zero attached hydrogens (tertiary/aromatic N) is 9. The number of anilines is 1. The van der Waals surface area contributed by atoms with Crippen molar-refractivity contribution in [1.82, 2.24) is 34.8 Å². The van der Waals surface area contributed by atoms with E-state index in [0.29, 0.717) is 80.2 Å². The van der Waals surface area contributed by atoms with E-state index in [0.717, 1.165) is 18.6 Å². The molecule has 2 fully saturated rings. The second-order valence-electron chi connectivity index (χ2n) is 12.7. The lowest BCUT2D eigenvalue weighted by molar-refractivity contribution is -0.127. The summed E-state index contributed by atoms with van der Waals surface area (Å²) in [5, 5.41) is 18.4. The largest absolute Gasteiger partial charge is 0.351 e. The summed E-state index contributed by atoms with van der Waals surface area (Å²) in [5.74, 6) is 0.0892.